The maximum Gasteiger partial charge on any atom is 0.246 e. The Labute approximate surface area is 122 Å². The van der Waals surface area contributed by atoms with Crippen LogP contribution >= 0.6 is 0 Å². The standard InChI is InChI=1S/C12H16N8O/c1-2-15-10-16-11(19-5-7-21-8-6-19)18-12(17-10)20(9-14)4-3-13/h2,4-8H2,1H3,(H,15,16,17,18). The monoisotopic (exact) mass is 288 g/mol. The van der Waals surface area contributed by atoms with Crippen molar-refractivity contribution >= 4 is 17.8 Å². The van der Waals surface area contributed by atoms with Gasteiger partial charge in [0.05, 0.1) is 19.3 Å². The fraction of sp³-hybridized carbons (Fsp3) is 0.583. The zero-order chi connectivity index (χ0) is 15.1. The summed E-state index contributed by atoms with van der Waals surface area (Å²) in [7, 11) is 0. The summed E-state index contributed by atoms with van der Waals surface area (Å²) in [5.74, 6) is 1.05. The van der Waals surface area contributed by atoms with Crippen LogP contribution in [0.3, 0.4) is 0 Å². The van der Waals surface area contributed by atoms with Crippen LogP contribution in [-0.4, -0.2) is 54.3 Å². The lowest BCUT2D eigenvalue weighted by Crippen LogP contribution is -2.38. The molecular weight excluding hydrogens is 272 g/mol. The van der Waals surface area contributed by atoms with E-state index in [9.17, 15) is 0 Å². The Morgan fingerprint density at radius 3 is 2.67 bits per heavy atom. The molecule has 0 spiro atoms. The van der Waals surface area contributed by atoms with Gasteiger partial charge in [0.15, 0.2) is 6.19 Å². The molecule has 1 fully saturated rings. The van der Waals surface area contributed by atoms with Crippen LogP contribution in [0.2, 0.25) is 0 Å². The van der Waals surface area contributed by atoms with Crippen LogP contribution in [0.15, 0.2) is 0 Å². The Morgan fingerprint density at radius 2 is 2.05 bits per heavy atom. The Kier molecular flexibility index (Phi) is 5.07. The highest BCUT2D eigenvalue weighted by Gasteiger charge is 2.18. The number of nitrogens with zero attached hydrogens (tertiary/aromatic N) is 7. The van der Waals surface area contributed by atoms with Gasteiger partial charge in [-0.2, -0.15) is 25.5 Å². The third-order valence-corrected chi connectivity index (χ3v) is 2.83. The van der Waals surface area contributed by atoms with E-state index in [-0.39, 0.29) is 12.5 Å². The number of morpholine rings is 1. The average molecular weight is 288 g/mol. The summed E-state index contributed by atoms with van der Waals surface area (Å²) < 4.78 is 5.30. The van der Waals surface area contributed by atoms with Crippen molar-refractivity contribution in [3.63, 3.8) is 0 Å². The fourth-order valence-electron chi connectivity index (χ4n) is 1.84. The van der Waals surface area contributed by atoms with Gasteiger partial charge in [0.25, 0.3) is 0 Å². The first-order valence-corrected chi connectivity index (χ1v) is 6.65. The van der Waals surface area contributed by atoms with Gasteiger partial charge in [0.1, 0.15) is 6.54 Å². The van der Waals surface area contributed by atoms with Crippen molar-refractivity contribution in [3.8, 4) is 12.3 Å². The number of rotatable bonds is 5. The van der Waals surface area contributed by atoms with E-state index in [0.717, 1.165) is 4.90 Å². The van der Waals surface area contributed by atoms with Crippen LogP contribution < -0.4 is 15.1 Å². The molecule has 9 heteroatoms. The zero-order valence-corrected chi connectivity index (χ0v) is 11.8. The fourth-order valence-corrected chi connectivity index (χ4v) is 1.84. The summed E-state index contributed by atoms with van der Waals surface area (Å²) in [4.78, 5) is 15.9. The minimum Gasteiger partial charge on any atom is -0.378 e. The average Bonchev–Trinajstić information content (AvgIpc) is 2.53. The molecule has 0 radical (unpaired) electrons. The van der Waals surface area contributed by atoms with Crippen molar-refractivity contribution in [2.24, 2.45) is 0 Å². The number of ether oxygens (including phenoxy) is 1. The van der Waals surface area contributed by atoms with Crippen LogP contribution in [-0.2, 0) is 4.74 Å². The minimum absolute atomic E-state index is 0.103. The Balaban J connectivity index is 2.33. The summed E-state index contributed by atoms with van der Waals surface area (Å²) in [5.41, 5.74) is 0. The summed E-state index contributed by atoms with van der Waals surface area (Å²) in [6.07, 6.45) is 1.91. The van der Waals surface area contributed by atoms with E-state index in [4.69, 9.17) is 15.3 Å². The van der Waals surface area contributed by atoms with Gasteiger partial charge in [0, 0.05) is 19.6 Å². The van der Waals surface area contributed by atoms with Crippen molar-refractivity contribution in [2.75, 3.05) is 54.5 Å². The van der Waals surface area contributed by atoms with Gasteiger partial charge >= 0.3 is 0 Å². The third kappa shape index (κ3) is 3.68. The van der Waals surface area contributed by atoms with Crippen LogP contribution in [0.5, 0.6) is 0 Å². The molecule has 0 bridgehead atoms. The predicted molar refractivity (Wildman–Crippen MR) is 75.6 cm³/mol. The van der Waals surface area contributed by atoms with Crippen LogP contribution in [0.1, 0.15) is 6.92 Å². The number of nitrogens with one attached hydrogen (secondary N) is 1. The van der Waals surface area contributed by atoms with Gasteiger partial charge in [-0.05, 0) is 6.92 Å². The summed E-state index contributed by atoms with van der Waals surface area (Å²) in [6, 6.07) is 1.92. The molecule has 9 nitrogen and oxygen atoms in total. The predicted octanol–water partition coefficient (Wildman–Crippen LogP) is -0.0489. The second-order valence-corrected chi connectivity index (χ2v) is 4.23. The van der Waals surface area contributed by atoms with E-state index >= 15 is 0 Å². The number of anilines is 3. The quantitative estimate of drug-likeness (QED) is 0.452. The molecule has 0 amide bonds. The molecule has 1 saturated heterocycles. The molecule has 21 heavy (non-hydrogen) atoms. The molecule has 2 rings (SSSR count). The van der Waals surface area contributed by atoms with E-state index in [0.29, 0.717) is 44.7 Å². The van der Waals surface area contributed by atoms with Gasteiger partial charge in [-0.3, -0.25) is 0 Å². The maximum absolute atomic E-state index is 9.10. The first kappa shape index (κ1) is 14.8. The normalized spacial score (nSPS) is 14.1. The summed E-state index contributed by atoms with van der Waals surface area (Å²) in [6.45, 7) is 5.05. The molecule has 1 aliphatic heterocycles. The molecular formula is C12H16N8O. The third-order valence-electron chi connectivity index (χ3n) is 2.83. The first-order valence-electron chi connectivity index (χ1n) is 6.65. The minimum atomic E-state index is -0.103. The van der Waals surface area contributed by atoms with Gasteiger partial charge in [-0.25, -0.2) is 4.90 Å². The first-order chi connectivity index (χ1) is 10.3. The van der Waals surface area contributed by atoms with Gasteiger partial charge < -0.3 is 15.0 Å². The van der Waals surface area contributed by atoms with Crippen molar-refractivity contribution in [3.05, 3.63) is 0 Å². The van der Waals surface area contributed by atoms with Crippen LogP contribution in [0.25, 0.3) is 0 Å². The van der Waals surface area contributed by atoms with Gasteiger partial charge in [0.2, 0.25) is 17.8 Å². The van der Waals surface area contributed by atoms with Crippen molar-refractivity contribution < 1.29 is 4.74 Å². The van der Waals surface area contributed by atoms with E-state index in [1.54, 1.807) is 0 Å². The van der Waals surface area contributed by atoms with E-state index < -0.39 is 0 Å². The maximum atomic E-state index is 9.10. The highest BCUT2D eigenvalue weighted by Crippen LogP contribution is 2.17. The molecule has 1 aliphatic rings. The lowest BCUT2D eigenvalue weighted by molar-refractivity contribution is 0.122. The lowest BCUT2D eigenvalue weighted by Gasteiger charge is -2.27. The summed E-state index contributed by atoms with van der Waals surface area (Å²) in [5, 5.41) is 20.9. The second kappa shape index (κ2) is 7.22. The van der Waals surface area contributed by atoms with Gasteiger partial charge in [-0.15, -0.1) is 0 Å². The van der Waals surface area contributed by atoms with Crippen molar-refractivity contribution in [1.29, 1.82) is 10.5 Å². The van der Waals surface area contributed by atoms with Crippen LogP contribution in [0, 0.1) is 22.8 Å². The molecule has 1 aromatic rings. The molecule has 110 valence electrons. The Hall–Kier alpha value is -2.65. The van der Waals surface area contributed by atoms with Crippen molar-refractivity contribution in [2.45, 2.75) is 6.92 Å². The molecule has 0 aliphatic carbocycles. The van der Waals surface area contributed by atoms with Crippen LogP contribution in [0.4, 0.5) is 17.8 Å². The molecule has 1 aromatic heterocycles. The number of hydrogen-bond donors (Lipinski definition) is 1. The second-order valence-electron chi connectivity index (χ2n) is 4.23. The molecule has 0 unspecified atom stereocenters. The zero-order valence-electron chi connectivity index (χ0n) is 11.8. The molecule has 0 aromatic carbocycles. The molecule has 0 atom stereocenters. The SMILES string of the molecule is CCNc1nc(N(C#N)CC#N)nc(N2CCOCC2)n1. The van der Waals surface area contributed by atoms with E-state index in [2.05, 4.69) is 20.3 Å². The summed E-state index contributed by atoms with van der Waals surface area (Å²) >= 11 is 0. The van der Waals surface area contributed by atoms with Gasteiger partial charge in [-0.1, -0.05) is 0 Å². The number of aromatic nitrogens is 3. The molecule has 0 saturated carbocycles. The smallest absolute Gasteiger partial charge is 0.246 e. The highest BCUT2D eigenvalue weighted by molar-refractivity contribution is 5.48. The largest absolute Gasteiger partial charge is 0.378 e. The highest BCUT2D eigenvalue weighted by atomic mass is 16.5. The number of nitriles is 2. The van der Waals surface area contributed by atoms with Crippen molar-refractivity contribution in [1.82, 2.24) is 15.0 Å². The number of hydrogen-bond acceptors (Lipinski definition) is 9. The Bertz CT molecular complexity index is 557. The van der Waals surface area contributed by atoms with E-state index in [1.165, 1.54) is 0 Å². The Morgan fingerprint density at radius 1 is 1.29 bits per heavy atom. The van der Waals surface area contributed by atoms with E-state index in [1.807, 2.05) is 24.1 Å². The lowest BCUT2D eigenvalue weighted by atomic mass is 10.4. The molecule has 1 N–H and O–H groups in total. The topological polar surface area (TPSA) is 114 Å². The molecule has 2 heterocycles.